The minimum absolute atomic E-state index is 0.00530. The Morgan fingerprint density at radius 2 is 1.77 bits per heavy atom. The van der Waals surface area contributed by atoms with Gasteiger partial charge in [0.25, 0.3) is 5.91 Å². The van der Waals surface area contributed by atoms with Gasteiger partial charge in [-0.25, -0.2) is 0 Å². The molecular weight excluding hydrogens is 330 g/mol. The number of ether oxygens (including phenoxy) is 1. The van der Waals surface area contributed by atoms with Gasteiger partial charge in [0.1, 0.15) is 5.78 Å². The highest BCUT2D eigenvalue weighted by Crippen LogP contribution is 2.40. The van der Waals surface area contributed by atoms with Crippen LogP contribution in [-0.4, -0.2) is 23.8 Å². The van der Waals surface area contributed by atoms with Gasteiger partial charge in [-0.15, -0.1) is 0 Å². The van der Waals surface area contributed by atoms with Crippen molar-refractivity contribution in [1.82, 2.24) is 5.32 Å². The van der Waals surface area contributed by atoms with E-state index < -0.39 is 6.10 Å². The molecule has 0 spiro atoms. The Balaban J connectivity index is 1.48. The molecule has 0 aliphatic heterocycles. The fourth-order valence-corrected chi connectivity index (χ4v) is 4.03. The van der Waals surface area contributed by atoms with Gasteiger partial charge >= 0.3 is 5.97 Å². The van der Waals surface area contributed by atoms with Gasteiger partial charge in [0, 0.05) is 18.4 Å². The van der Waals surface area contributed by atoms with E-state index >= 15 is 0 Å². The van der Waals surface area contributed by atoms with Crippen molar-refractivity contribution in [2.75, 3.05) is 0 Å². The van der Waals surface area contributed by atoms with E-state index in [9.17, 15) is 14.4 Å². The van der Waals surface area contributed by atoms with Gasteiger partial charge in [0.2, 0.25) is 0 Å². The molecule has 0 saturated heterocycles. The molecule has 1 aromatic rings. The third kappa shape index (κ3) is 4.32. The Kier molecular flexibility index (Phi) is 5.74. The number of carbonyl (C=O) groups is 3. The second-order valence-electron chi connectivity index (χ2n) is 7.68. The van der Waals surface area contributed by atoms with Gasteiger partial charge in [-0.1, -0.05) is 36.2 Å². The number of fused-ring (bicyclic) bond motifs is 2. The molecular formula is C21H27NO4. The van der Waals surface area contributed by atoms with Crippen LogP contribution in [0.2, 0.25) is 0 Å². The SMILES string of the molecule is Cc1ccc(CNC(=O)[C@H](C)OC(=O)C2C[C@H]3CCC[C@@H](C2)C3=O)cc1. The highest BCUT2D eigenvalue weighted by Gasteiger charge is 2.42. The molecule has 1 N–H and O–H groups in total. The maximum absolute atomic E-state index is 12.4. The maximum atomic E-state index is 12.4. The summed E-state index contributed by atoms with van der Waals surface area (Å²) in [6.07, 6.45) is 3.15. The summed E-state index contributed by atoms with van der Waals surface area (Å²) in [6.45, 7) is 4.01. The Bertz CT molecular complexity index is 666. The predicted molar refractivity (Wildman–Crippen MR) is 97.1 cm³/mol. The van der Waals surface area contributed by atoms with Crippen molar-refractivity contribution in [2.24, 2.45) is 17.8 Å². The maximum Gasteiger partial charge on any atom is 0.309 e. The second-order valence-corrected chi connectivity index (χ2v) is 7.68. The lowest BCUT2D eigenvalue weighted by Crippen LogP contribution is -2.42. The van der Waals surface area contributed by atoms with E-state index in [4.69, 9.17) is 4.74 Å². The van der Waals surface area contributed by atoms with Crippen LogP contribution < -0.4 is 5.32 Å². The summed E-state index contributed by atoms with van der Waals surface area (Å²) in [5.41, 5.74) is 2.17. The van der Waals surface area contributed by atoms with Crippen LogP contribution in [0.4, 0.5) is 0 Å². The number of Topliss-reactive ketones (excluding diaryl/α,β-unsaturated/α-hetero) is 1. The van der Waals surface area contributed by atoms with E-state index in [0.29, 0.717) is 25.2 Å². The molecule has 1 unspecified atom stereocenters. The average molecular weight is 357 g/mol. The van der Waals surface area contributed by atoms with E-state index in [1.165, 1.54) is 0 Å². The van der Waals surface area contributed by atoms with Crippen molar-refractivity contribution in [3.05, 3.63) is 35.4 Å². The van der Waals surface area contributed by atoms with Crippen LogP contribution in [0.5, 0.6) is 0 Å². The lowest BCUT2D eigenvalue weighted by Gasteiger charge is -2.36. The van der Waals surface area contributed by atoms with Crippen LogP contribution in [0.3, 0.4) is 0 Å². The molecule has 2 saturated carbocycles. The molecule has 26 heavy (non-hydrogen) atoms. The number of hydrogen-bond donors (Lipinski definition) is 1. The first kappa shape index (κ1) is 18.6. The van der Waals surface area contributed by atoms with Crippen LogP contribution in [-0.2, 0) is 25.7 Å². The molecule has 2 aliphatic rings. The summed E-state index contributed by atoms with van der Waals surface area (Å²) in [5.74, 6) is -0.561. The number of hydrogen-bond acceptors (Lipinski definition) is 4. The number of amides is 1. The first-order valence-electron chi connectivity index (χ1n) is 9.51. The third-order valence-electron chi connectivity index (χ3n) is 5.63. The highest BCUT2D eigenvalue weighted by atomic mass is 16.5. The van der Waals surface area contributed by atoms with Crippen molar-refractivity contribution >= 4 is 17.7 Å². The quantitative estimate of drug-likeness (QED) is 0.823. The van der Waals surface area contributed by atoms with E-state index in [1.54, 1.807) is 6.92 Å². The lowest BCUT2D eigenvalue weighted by molar-refractivity contribution is -0.162. The van der Waals surface area contributed by atoms with Crippen molar-refractivity contribution in [3.63, 3.8) is 0 Å². The summed E-state index contributed by atoms with van der Waals surface area (Å²) >= 11 is 0. The largest absolute Gasteiger partial charge is 0.452 e. The topological polar surface area (TPSA) is 72.5 Å². The minimum Gasteiger partial charge on any atom is -0.452 e. The van der Waals surface area contributed by atoms with Crippen molar-refractivity contribution in [1.29, 1.82) is 0 Å². The number of aryl methyl sites for hydroxylation is 1. The summed E-state index contributed by atoms with van der Waals surface area (Å²) in [6, 6.07) is 7.91. The monoisotopic (exact) mass is 357 g/mol. The number of nitrogens with one attached hydrogen (secondary N) is 1. The summed E-state index contributed by atoms with van der Waals surface area (Å²) < 4.78 is 5.40. The smallest absolute Gasteiger partial charge is 0.309 e. The standard InChI is InChI=1S/C21H27NO4/c1-13-6-8-15(9-7-13)12-22-20(24)14(2)26-21(25)18-10-16-4-3-5-17(11-18)19(16)23/h6-9,14,16-18H,3-5,10-12H2,1-2H3,(H,22,24)/t14-,16-,17+,18?/m0/s1. The summed E-state index contributed by atoms with van der Waals surface area (Å²) in [7, 11) is 0. The minimum atomic E-state index is -0.828. The molecule has 5 heteroatoms. The van der Waals surface area contributed by atoms with Gasteiger partial charge in [0.05, 0.1) is 5.92 Å². The van der Waals surface area contributed by atoms with Crippen molar-refractivity contribution < 1.29 is 19.1 Å². The van der Waals surface area contributed by atoms with Crippen LogP contribution >= 0.6 is 0 Å². The van der Waals surface area contributed by atoms with Crippen molar-refractivity contribution in [3.8, 4) is 0 Å². The first-order valence-corrected chi connectivity index (χ1v) is 9.51. The molecule has 2 aliphatic carbocycles. The molecule has 2 fully saturated rings. The number of ketones is 1. The average Bonchev–Trinajstić information content (AvgIpc) is 2.60. The molecule has 4 atom stereocenters. The fourth-order valence-electron chi connectivity index (χ4n) is 4.03. The summed E-state index contributed by atoms with van der Waals surface area (Å²) in [5, 5.41) is 2.80. The first-order chi connectivity index (χ1) is 12.4. The number of benzene rings is 1. The molecule has 5 nitrogen and oxygen atoms in total. The number of carbonyl (C=O) groups excluding carboxylic acids is 3. The fraction of sp³-hybridized carbons (Fsp3) is 0.571. The molecule has 1 amide bonds. The van der Waals surface area contributed by atoms with Crippen molar-refractivity contribution in [2.45, 2.75) is 58.6 Å². The predicted octanol–water partition coefficient (Wildman–Crippen LogP) is 2.94. The van der Waals surface area contributed by atoms with Gasteiger partial charge in [0.15, 0.2) is 6.10 Å². The van der Waals surface area contributed by atoms with Gasteiger partial charge in [-0.3, -0.25) is 14.4 Å². The lowest BCUT2D eigenvalue weighted by atomic mass is 9.67. The molecule has 2 bridgehead atoms. The number of rotatable bonds is 5. The van der Waals surface area contributed by atoms with Gasteiger partial charge < -0.3 is 10.1 Å². The second kappa shape index (κ2) is 8.02. The highest BCUT2D eigenvalue weighted by molar-refractivity contribution is 5.88. The van der Waals surface area contributed by atoms with Crippen LogP contribution in [0.25, 0.3) is 0 Å². The van der Waals surface area contributed by atoms with Gasteiger partial charge in [-0.05, 0) is 45.1 Å². The zero-order valence-corrected chi connectivity index (χ0v) is 15.5. The zero-order chi connectivity index (χ0) is 18.7. The van der Waals surface area contributed by atoms with E-state index in [2.05, 4.69) is 5.32 Å². The third-order valence-corrected chi connectivity index (χ3v) is 5.63. The molecule has 0 heterocycles. The van der Waals surface area contributed by atoms with Crippen LogP contribution in [0.1, 0.15) is 50.2 Å². The molecule has 0 radical (unpaired) electrons. The molecule has 140 valence electrons. The van der Waals surface area contributed by atoms with Gasteiger partial charge in [-0.2, -0.15) is 0 Å². The Morgan fingerprint density at radius 3 is 2.38 bits per heavy atom. The Labute approximate surface area is 154 Å². The zero-order valence-electron chi connectivity index (χ0n) is 15.5. The Hall–Kier alpha value is -2.17. The van der Waals surface area contributed by atoms with E-state index in [1.807, 2.05) is 31.2 Å². The van der Waals surface area contributed by atoms with E-state index in [0.717, 1.165) is 30.4 Å². The molecule has 3 rings (SSSR count). The Morgan fingerprint density at radius 1 is 1.15 bits per heavy atom. The van der Waals surface area contributed by atoms with Crippen LogP contribution in [0.15, 0.2) is 24.3 Å². The number of esters is 1. The normalized spacial score (nSPS) is 26.1. The van der Waals surface area contributed by atoms with E-state index in [-0.39, 0.29) is 29.6 Å². The molecule has 0 aromatic heterocycles. The molecule has 1 aromatic carbocycles. The van der Waals surface area contributed by atoms with Crippen LogP contribution in [0, 0.1) is 24.7 Å². The summed E-state index contributed by atoms with van der Waals surface area (Å²) in [4.78, 5) is 36.8.